The van der Waals surface area contributed by atoms with E-state index in [2.05, 4.69) is 22.0 Å². The van der Waals surface area contributed by atoms with Gasteiger partial charge in [0.1, 0.15) is 17.1 Å². The predicted molar refractivity (Wildman–Crippen MR) is 116 cm³/mol. The number of H-pyrrole nitrogens is 1. The average Bonchev–Trinajstić information content (AvgIpc) is 3.18. The van der Waals surface area contributed by atoms with Crippen molar-refractivity contribution < 1.29 is 9.47 Å². The first-order chi connectivity index (χ1) is 13.6. The summed E-state index contributed by atoms with van der Waals surface area (Å²) in [6.45, 7) is 1.59. The van der Waals surface area contributed by atoms with Crippen LogP contribution in [0.3, 0.4) is 0 Å². The Kier molecular flexibility index (Phi) is 5.24. The fraction of sp³-hybridized carbons (Fsp3) is 0.318. The third-order valence-corrected chi connectivity index (χ3v) is 5.95. The molecule has 0 unspecified atom stereocenters. The molecule has 1 aliphatic rings. The third-order valence-electron chi connectivity index (χ3n) is 5.03. The van der Waals surface area contributed by atoms with Crippen LogP contribution >= 0.6 is 11.3 Å². The van der Waals surface area contributed by atoms with Crippen molar-refractivity contribution in [2.75, 3.05) is 34.4 Å². The monoisotopic (exact) mass is 396 g/mol. The van der Waals surface area contributed by atoms with Gasteiger partial charge in [0, 0.05) is 34.8 Å². The molecule has 1 aliphatic carbocycles. The van der Waals surface area contributed by atoms with Crippen LogP contribution in [0.2, 0.25) is 0 Å². The second-order valence-corrected chi connectivity index (χ2v) is 8.08. The Morgan fingerprint density at radius 1 is 1.18 bits per heavy atom. The fourth-order valence-corrected chi connectivity index (χ4v) is 4.42. The Morgan fingerprint density at radius 3 is 2.75 bits per heavy atom. The lowest BCUT2D eigenvalue weighted by atomic mass is 9.91. The summed E-state index contributed by atoms with van der Waals surface area (Å²) in [6, 6.07) is 5.88. The largest absolute Gasteiger partial charge is 0.497 e. The molecule has 0 saturated heterocycles. The molecule has 0 spiro atoms. The number of pyridine rings is 1. The highest BCUT2D eigenvalue weighted by molar-refractivity contribution is 7.17. The molecule has 0 saturated carbocycles. The third kappa shape index (κ3) is 3.45. The van der Waals surface area contributed by atoms with Crippen molar-refractivity contribution in [3.63, 3.8) is 0 Å². The van der Waals surface area contributed by atoms with Gasteiger partial charge in [0.05, 0.1) is 12.9 Å². The summed E-state index contributed by atoms with van der Waals surface area (Å²) in [7, 11) is 5.77. The molecule has 0 atom stereocenters. The minimum absolute atomic E-state index is 0.0392. The first kappa shape index (κ1) is 18.8. The molecule has 0 amide bonds. The van der Waals surface area contributed by atoms with E-state index < -0.39 is 0 Å². The highest BCUT2D eigenvalue weighted by atomic mass is 32.1. The van der Waals surface area contributed by atoms with Gasteiger partial charge < -0.3 is 19.4 Å². The van der Waals surface area contributed by atoms with Crippen LogP contribution in [0.15, 0.2) is 46.3 Å². The number of benzene rings is 1. The number of aromatic amines is 1. The van der Waals surface area contributed by atoms with E-state index in [0.717, 1.165) is 57.4 Å². The van der Waals surface area contributed by atoms with Gasteiger partial charge in [-0.2, -0.15) is 0 Å². The number of allylic oxidation sites excluding steroid dienone is 4. The normalized spacial score (nSPS) is 14.4. The minimum Gasteiger partial charge on any atom is -0.497 e. The summed E-state index contributed by atoms with van der Waals surface area (Å²) < 4.78 is 12.3. The van der Waals surface area contributed by atoms with Gasteiger partial charge in [-0.3, -0.25) is 4.79 Å². The SMILES string of the molecule is COc1ccc2[nH]c(=O)c3sccc3c2c1C1=CC=C(OCCN(C)C)CC1. The smallest absolute Gasteiger partial charge is 0.266 e. The number of rotatable bonds is 6. The van der Waals surface area contributed by atoms with Gasteiger partial charge in [-0.25, -0.2) is 0 Å². The number of hydrogen-bond donors (Lipinski definition) is 1. The Bertz CT molecular complexity index is 1140. The number of ether oxygens (including phenoxy) is 2. The molecule has 0 radical (unpaired) electrons. The Morgan fingerprint density at radius 2 is 2.04 bits per heavy atom. The summed E-state index contributed by atoms with van der Waals surface area (Å²) in [5.74, 6) is 1.84. The van der Waals surface area contributed by atoms with E-state index in [1.807, 2.05) is 37.7 Å². The zero-order valence-corrected chi connectivity index (χ0v) is 17.2. The molecule has 6 heteroatoms. The molecule has 0 aliphatic heterocycles. The van der Waals surface area contributed by atoms with E-state index in [4.69, 9.17) is 9.47 Å². The zero-order chi connectivity index (χ0) is 19.7. The number of hydrogen-bond acceptors (Lipinski definition) is 5. The number of nitrogens with zero attached hydrogens (tertiary/aromatic N) is 1. The predicted octanol–water partition coefficient (Wildman–Crippen LogP) is 4.39. The summed E-state index contributed by atoms with van der Waals surface area (Å²) in [5.41, 5.74) is 3.05. The molecule has 1 N–H and O–H groups in total. The number of likely N-dealkylation sites (N-methyl/N-ethyl adjacent to an activating group) is 1. The van der Waals surface area contributed by atoms with Gasteiger partial charge in [-0.05, 0) is 55.7 Å². The maximum absolute atomic E-state index is 12.4. The maximum Gasteiger partial charge on any atom is 0.266 e. The molecular formula is C22H24N2O3S. The molecule has 28 heavy (non-hydrogen) atoms. The van der Waals surface area contributed by atoms with Gasteiger partial charge in [0.15, 0.2) is 0 Å². The second kappa shape index (κ2) is 7.81. The van der Waals surface area contributed by atoms with Gasteiger partial charge in [0.25, 0.3) is 5.56 Å². The Hall–Kier alpha value is -2.57. The number of aromatic nitrogens is 1. The molecule has 1 aromatic carbocycles. The number of nitrogens with one attached hydrogen (secondary N) is 1. The number of fused-ring (bicyclic) bond motifs is 3. The molecule has 0 bridgehead atoms. The van der Waals surface area contributed by atoms with Crippen LogP contribution in [0.1, 0.15) is 18.4 Å². The lowest BCUT2D eigenvalue weighted by Crippen LogP contribution is -2.18. The van der Waals surface area contributed by atoms with Crippen LogP contribution in [-0.2, 0) is 4.74 Å². The van der Waals surface area contributed by atoms with Crippen molar-refractivity contribution in [3.05, 3.63) is 57.4 Å². The second-order valence-electron chi connectivity index (χ2n) is 7.16. The Balaban J connectivity index is 1.80. The topological polar surface area (TPSA) is 54.6 Å². The van der Waals surface area contributed by atoms with Crippen molar-refractivity contribution in [3.8, 4) is 5.75 Å². The summed E-state index contributed by atoms with van der Waals surface area (Å²) in [4.78, 5) is 17.5. The van der Waals surface area contributed by atoms with E-state index in [9.17, 15) is 4.79 Å². The first-order valence-electron chi connectivity index (χ1n) is 9.36. The molecule has 5 nitrogen and oxygen atoms in total. The standard InChI is InChI=1S/C22H24N2O3S/c1-24(2)11-12-27-15-6-4-14(5-7-15)19-18(26-3)9-8-17-20(19)16-10-13-28-21(16)22(25)23-17/h4,6,8-10,13H,5,7,11-12H2,1-3H3,(H,23,25). The fourth-order valence-electron chi connectivity index (χ4n) is 3.62. The Labute approximate surface area is 167 Å². The van der Waals surface area contributed by atoms with E-state index in [1.165, 1.54) is 16.9 Å². The first-order valence-corrected chi connectivity index (χ1v) is 10.2. The van der Waals surface area contributed by atoms with Crippen molar-refractivity contribution in [2.45, 2.75) is 12.8 Å². The molecule has 0 fully saturated rings. The average molecular weight is 397 g/mol. The minimum atomic E-state index is -0.0392. The van der Waals surface area contributed by atoms with Crippen LogP contribution < -0.4 is 10.3 Å². The molecule has 4 rings (SSSR count). The zero-order valence-electron chi connectivity index (χ0n) is 16.4. The maximum atomic E-state index is 12.4. The van der Waals surface area contributed by atoms with Crippen molar-refractivity contribution in [1.82, 2.24) is 9.88 Å². The molecule has 2 aromatic heterocycles. The van der Waals surface area contributed by atoms with Gasteiger partial charge in [0.2, 0.25) is 0 Å². The summed E-state index contributed by atoms with van der Waals surface area (Å²) in [6.07, 6.45) is 5.90. The lowest BCUT2D eigenvalue weighted by Gasteiger charge is -2.20. The summed E-state index contributed by atoms with van der Waals surface area (Å²) in [5, 5.41) is 4.00. The van der Waals surface area contributed by atoms with E-state index in [-0.39, 0.29) is 5.56 Å². The molecule has 3 aromatic rings. The van der Waals surface area contributed by atoms with Gasteiger partial charge >= 0.3 is 0 Å². The van der Waals surface area contributed by atoms with Crippen molar-refractivity contribution in [2.24, 2.45) is 0 Å². The highest BCUT2D eigenvalue weighted by Crippen LogP contribution is 2.40. The van der Waals surface area contributed by atoms with Crippen LogP contribution in [0.5, 0.6) is 5.75 Å². The van der Waals surface area contributed by atoms with E-state index >= 15 is 0 Å². The van der Waals surface area contributed by atoms with Crippen LogP contribution in [0.25, 0.3) is 26.6 Å². The van der Waals surface area contributed by atoms with Crippen LogP contribution in [0, 0.1) is 0 Å². The van der Waals surface area contributed by atoms with Gasteiger partial charge in [-0.1, -0.05) is 6.08 Å². The highest BCUT2D eigenvalue weighted by Gasteiger charge is 2.19. The summed E-state index contributed by atoms with van der Waals surface area (Å²) >= 11 is 1.47. The van der Waals surface area contributed by atoms with Crippen molar-refractivity contribution in [1.29, 1.82) is 0 Å². The van der Waals surface area contributed by atoms with Crippen LogP contribution in [-0.4, -0.2) is 44.2 Å². The van der Waals surface area contributed by atoms with Crippen molar-refractivity contribution >= 4 is 37.9 Å². The number of methoxy groups -OCH3 is 1. The molecular weight excluding hydrogens is 372 g/mol. The molecule has 146 valence electrons. The number of thiophene rings is 1. The molecule has 2 heterocycles. The van der Waals surface area contributed by atoms with Crippen LogP contribution in [0.4, 0.5) is 0 Å². The lowest BCUT2D eigenvalue weighted by molar-refractivity contribution is 0.175. The quantitative estimate of drug-likeness (QED) is 0.671. The van der Waals surface area contributed by atoms with E-state index in [0.29, 0.717) is 6.61 Å². The van der Waals surface area contributed by atoms with Gasteiger partial charge in [-0.15, -0.1) is 11.3 Å². The van der Waals surface area contributed by atoms with E-state index in [1.54, 1.807) is 7.11 Å².